The van der Waals surface area contributed by atoms with Gasteiger partial charge in [-0.25, -0.2) is 13.4 Å². The van der Waals surface area contributed by atoms with Crippen LogP contribution in [0.15, 0.2) is 35.5 Å². The fourth-order valence-corrected chi connectivity index (χ4v) is 6.17. The van der Waals surface area contributed by atoms with Crippen LogP contribution in [0.25, 0.3) is 11.2 Å². The van der Waals surface area contributed by atoms with Crippen molar-refractivity contribution in [2.75, 3.05) is 23.7 Å². The molecule has 1 aliphatic carbocycles. The SMILES string of the molecule is CCn1cnc2c(Nc3ccc(S(=O)(=O)N4CCCC4)cc3)nc(NC3CCC(O)CC3)nc21. The topological polar surface area (TPSA) is 125 Å². The predicted octanol–water partition coefficient (Wildman–Crippen LogP) is 3.09. The molecule has 1 saturated heterocycles. The molecule has 1 saturated carbocycles. The maximum atomic E-state index is 12.8. The number of aliphatic hydroxyl groups excluding tert-OH is 1. The van der Waals surface area contributed by atoms with E-state index in [2.05, 4.69) is 15.6 Å². The average Bonchev–Trinajstić information content (AvgIpc) is 3.52. The summed E-state index contributed by atoms with van der Waals surface area (Å²) < 4.78 is 29.1. The second-order valence-corrected chi connectivity index (χ2v) is 10.9. The molecule has 0 atom stereocenters. The highest BCUT2D eigenvalue weighted by Crippen LogP contribution is 2.28. The summed E-state index contributed by atoms with van der Waals surface area (Å²) in [7, 11) is -3.45. The van der Waals surface area contributed by atoms with E-state index in [0.717, 1.165) is 56.4 Å². The molecular formula is C23H31N7O3S. The smallest absolute Gasteiger partial charge is 0.243 e. The summed E-state index contributed by atoms with van der Waals surface area (Å²) in [4.78, 5) is 14.2. The summed E-state index contributed by atoms with van der Waals surface area (Å²) >= 11 is 0. The molecule has 5 rings (SSSR count). The van der Waals surface area contributed by atoms with E-state index < -0.39 is 10.0 Å². The zero-order valence-corrected chi connectivity index (χ0v) is 20.1. The molecule has 0 amide bonds. The number of nitrogens with zero attached hydrogens (tertiary/aromatic N) is 5. The zero-order valence-electron chi connectivity index (χ0n) is 19.3. The number of aliphatic hydroxyl groups is 1. The van der Waals surface area contributed by atoms with Gasteiger partial charge in [-0.15, -0.1) is 0 Å². The van der Waals surface area contributed by atoms with Crippen LogP contribution < -0.4 is 10.6 Å². The zero-order chi connectivity index (χ0) is 23.7. The van der Waals surface area contributed by atoms with Crippen molar-refractivity contribution in [1.82, 2.24) is 23.8 Å². The number of aryl methyl sites for hydroxylation is 1. The second-order valence-electron chi connectivity index (χ2n) is 9.01. The minimum Gasteiger partial charge on any atom is -0.393 e. The first kappa shape index (κ1) is 23.0. The maximum absolute atomic E-state index is 12.8. The molecule has 2 aromatic heterocycles. The normalized spacial score (nSPS) is 21.7. The quantitative estimate of drug-likeness (QED) is 0.466. The van der Waals surface area contributed by atoms with E-state index in [4.69, 9.17) is 9.97 Å². The van der Waals surface area contributed by atoms with E-state index >= 15 is 0 Å². The van der Waals surface area contributed by atoms with Crippen LogP contribution >= 0.6 is 0 Å². The van der Waals surface area contributed by atoms with E-state index in [1.807, 2.05) is 11.5 Å². The van der Waals surface area contributed by atoms with Crippen molar-refractivity contribution >= 4 is 38.6 Å². The Hall–Kier alpha value is -2.76. The van der Waals surface area contributed by atoms with Crippen LogP contribution in [-0.4, -0.2) is 62.6 Å². The number of hydrogen-bond acceptors (Lipinski definition) is 8. The van der Waals surface area contributed by atoms with Crippen molar-refractivity contribution in [1.29, 1.82) is 0 Å². The number of benzene rings is 1. The number of anilines is 3. The van der Waals surface area contributed by atoms with Crippen molar-refractivity contribution in [2.24, 2.45) is 0 Å². The molecule has 0 radical (unpaired) electrons. The van der Waals surface area contributed by atoms with Gasteiger partial charge in [0.1, 0.15) is 0 Å². The van der Waals surface area contributed by atoms with Crippen LogP contribution in [0.3, 0.4) is 0 Å². The Kier molecular flexibility index (Phi) is 6.41. The van der Waals surface area contributed by atoms with Gasteiger partial charge in [0.15, 0.2) is 17.0 Å². The Balaban J connectivity index is 1.40. The molecular weight excluding hydrogens is 454 g/mol. The lowest BCUT2D eigenvalue weighted by atomic mass is 9.93. The van der Waals surface area contributed by atoms with Gasteiger partial charge in [0.05, 0.1) is 17.3 Å². The number of fused-ring (bicyclic) bond motifs is 1. The summed E-state index contributed by atoms with van der Waals surface area (Å²) in [6.07, 6.45) is 6.61. The Bertz CT molecular complexity index is 1250. The first-order valence-corrected chi connectivity index (χ1v) is 13.4. The van der Waals surface area contributed by atoms with Crippen LogP contribution in [0, 0.1) is 0 Å². The van der Waals surface area contributed by atoms with Gasteiger partial charge >= 0.3 is 0 Å². The van der Waals surface area contributed by atoms with Crippen molar-refractivity contribution in [3.8, 4) is 0 Å². The van der Waals surface area contributed by atoms with Crippen LogP contribution in [0.5, 0.6) is 0 Å². The number of rotatable bonds is 7. The lowest BCUT2D eigenvalue weighted by Crippen LogP contribution is -2.29. The number of sulfonamides is 1. The Morgan fingerprint density at radius 3 is 2.44 bits per heavy atom. The molecule has 3 heterocycles. The minimum atomic E-state index is -3.45. The van der Waals surface area contributed by atoms with Crippen LogP contribution in [0.1, 0.15) is 45.4 Å². The van der Waals surface area contributed by atoms with Crippen molar-refractivity contribution in [2.45, 2.75) is 69.0 Å². The monoisotopic (exact) mass is 485 g/mol. The van der Waals surface area contributed by atoms with Crippen molar-refractivity contribution in [3.63, 3.8) is 0 Å². The third-order valence-electron chi connectivity index (χ3n) is 6.65. The lowest BCUT2D eigenvalue weighted by molar-refractivity contribution is 0.126. The first-order valence-electron chi connectivity index (χ1n) is 12.0. The molecule has 1 aliphatic heterocycles. The fraction of sp³-hybridized carbons (Fsp3) is 0.522. The standard InChI is InChI=1S/C23H31N7O3S/c1-2-29-15-24-20-21(27-23(28-22(20)29)26-17-5-9-18(31)10-6-17)25-16-7-11-19(12-8-16)34(32,33)30-13-3-4-14-30/h7-8,11-12,15,17-18,31H,2-6,9-10,13-14H2,1H3,(H2,25,26,27,28). The summed E-state index contributed by atoms with van der Waals surface area (Å²) in [5, 5.41) is 16.5. The Morgan fingerprint density at radius 1 is 1.06 bits per heavy atom. The van der Waals surface area contributed by atoms with Crippen molar-refractivity contribution in [3.05, 3.63) is 30.6 Å². The maximum Gasteiger partial charge on any atom is 0.243 e. The summed E-state index contributed by atoms with van der Waals surface area (Å²) in [5.74, 6) is 1.07. The van der Waals surface area contributed by atoms with Gasteiger partial charge in [0.25, 0.3) is 0 Å². The van der Waals surface area contributed by atoms with Gasteiger partial charge in [0.2, 0.25) is 16.0 Å². The van der Waals surface area contributed by atoms with E-state index in [1.165, 1.54) is 0 Å². The summed E-state index contributed by atoms with van der Waals surface area (Å²) in [6, 6.07) is 6.98. The Morgan fingerprint density at radius 2 is 1.76 bits per heavy atom. The molecule has 3 N–H and O–H groups in total. The highest BCUT2D eigenvalue weighted by molar-refractivity contribution is 7.89. The number of hydrogen-bond donors (Lipinski definition) is 3. The molecule has 1 aromatic carbocycles. The number of aromatic nitrogens is 4. The van der Waals surface area contributed by atoms with Crippen LogP contribution in [0.2, 0.25) is 0 Å². The Labute approximate surface area is 199 Å². The highest BCUT2D eigenvalue weighted by atomic mass is 32.2. The fourth-order valence-electron chi connectivity index (χ4n) is 4.65. The third-order valence-corrected chi connectivity index (χ3v) is 8.57. The molecule has 0 bridgehead atoms. The van der Waals surface area contributed by atoms with Crippen LogP contribution in [-0.2, 0) is 16.6 Å². The molecule has 3 aromatic rings. The van der Waals surface area contributed by atoms with Gasteiger partial charge in [-0.2, -0.15) is 14.3 Å². The largest absolute Gasteiger partial charge is 0.393 e. The highest BCUT2D eigenvalue weighted by Gasteiger charge is 2.27. The summed E-state index contributed by atoms with van der Waals surface area (Å²) in [6.45, 7) is 3.92. The van der Waals surface area contributed by atoms with E-state index in [-0.39, 0.29) is 12.1 Å². The van der Waals surface area contributed by atoms with Gasteiger partial charge in [-0.1, -0.05) is 0 Å². The second kappa shape index (κ2) is 9.47. The van der Waals surface area contributed by atoms with E-state index in [9.17, 15) is 13.5 Å². The van der Waals surface area contributed by atoms with Gasteiger partial charge in [0, 0.05) is 31.4 Å². The van der Waals surface area contributed by atoms with Gasteiger partial charge < -0.3 is 20.3 Å². The molecule has 34 heavy (non-hydrogen) atoms. The van der Waals surface area contributed by atoms with Gasteiger partial charge in [-0.3, -0.25) is 0 Å². The average molecular weight is 486 g/mol. The third kappa shape index (κ3) is 4.59. The number of imidazole rings is 1. The predicted molar refractivity (Wildman–Crippen MR) is 131 cm³/mol. The molecule has 182 valence electrons. The molecule has 0 unspecified atom stereocenters. The molecule has 10 nitrogen and oxygen atoms in total. The van der Waals surface area contributed by atoms with E-state index in [1.54, 1.807) is 34.9 Å². The molecule has 2 aliphatic rings. The van der Waals surface area contributed by atoms with E-state index in [0.29, 0.717) is 35.3 Å². The minimum absolute atomic E-state index is 0.210. The molecule has 11 heteroatoms. The lowest BCUT2D eigenvalue weighted by Gasteiger charge is -2.26. The first-order chi connectivity index (χ1) is 16.4. The van der Waals surface area contributed by atoms with Crippen LogP contribution in [0.4, 0.5) is 17.5 Å². The number of nitrogens with one attached hydrogen (secondary N) is 2. The summed E-state index contributed by atoms with van der Waals surface area (Å²) in [5.41, 5.74) is 2.10. The molecule has 0 spiro atoms. The van der Waals surface area contributed by atoms with Gasteiger partial charge in [-0.05, 0) is 69.7 Å². The molecule has 2 fully saturated rings. The van der Waals surface area contributed by atoms with Crippen molar-refractivity contribution < 1.29 is 13.5 Å².